The minimum Gasteiger partial charge on any atom is -0.354 e. The van der Waals surface area contributed by atoms with Crippen LogP contribution in [0.3, 0.4) is 0 Å². The first-order valence-corrected chi connectivity index (χ1v) is 7.91. The summed E-state index contributed by atoms with van der Waals surface area (Å²) < 4.78 is 0. The Bertz CT molecular complexity index is 929. The molecule has 0 saturated carbocycles. The van der Waals surface area contributed by atoms with E-state index in [2.05, 4.69) is 15.6 Å². The Morgan fingerprint density at radius 1 is 1.00 bits per heavy atom. The molecule has 1 amide bonds. The Labute approximate surface area is 149 Å². The fraction of sp³-hybridized carbons (Fsp3) is 0.0526. The second-order valence-corrected chi connectivity index (χ2v) is 5.56. The van der Waals surface area contributed by atoms with Crippen molar-refractivity contribution in [1.82, 2.24) is 4.98 Å². The number of amides is 1. The number of carbonyl (C=O) groups excluding carboxylic acids is 1. The number of nitrogens with one attached hydrogen (secondary N) is 2. The third kappa shape index (κ3) is 4.41. The van der Waals surface area contributed by atoms with Gasteiger partial charge < -0.3 is 10.6 Å². The number of carbonyl (C=O) groups is 1. The number of para-hydroxylation sites is 2. The van der Waals surface area contributed by atoms with Crippen molar-refractivity contribution < 1.29 is 9.72 Å². The molecule has 7 nitrogen and oxygen atoms in total. The highest BCUT2D eigenvalue weighted by Gasteiger charge is 2.10. The van der Waals surface area contributed by atoms with E-state index in [0.29, 0.717) is 17.1 Å². The molecule has 26 heavy (non-hydrogen) atoms. The topological polar surface area (TPSA) is 97.2 Å². The van der Waals surface area contributed by atoms with Crippen LogP contribution in [0.1, 0.15) is 5.56 Å². The van der Waals surface area contributed by atoms with Gasteiger partial charge in [0.05, 0.1) is 22.7 Å². The average Bonchev–Trinajstić information content (AvgIpc) is 2.64. The highest BCUT2D eigenvalue weighted by atomic mass is 16.6. The zero-order valence-electron chi connectivity index (χ0n) is 13.8. The molecule has 0 unspecified atom stereocenters. The number of nitro benzene ring substituents is 1. The van der Waals surface area contributed by atoms with E-state index in [1.807, 2.05) is 6.07 Å². The third-order valence-corrected chi connectivity index (χ3v) is 3.65. The number of anilines is 3. The molecule has 1 aromatic heterocycles. The van der Waals surface area contributed by atoms with E-state index in [-0.39, 0.29) is 18.0 Å². The SMILES string of the molecule is O=C(Cc1ccncc1)Nc1ccccc1Nc1cccc([N+](=O)[O-])c1. The lowest BCUT2D eigenvalue weighted by molar-refractivity contribution is -0.384. The molecule has 0 fully saturated rings. The quantitative estimate of drug-likeness (QED) is 0.520. The molecular formula is C19H16N4O3. The van der Waals surface area contributed by atoms with Crippen molar-refractivity contribution in [2.75, 3.05) is 10.6 Å². The van der Waals surface area contributed by atoms with Crippen LogP contribution in [0.2, 0.25) is 0 Å². The van der Waals surface area contributed by atoms with E-state index < -0.39 is 4.92 Å². The highest BCUT2D eigenvalue weighted by Crippen LogP contribution is 2.27. The Morgan fingerprint density at radius 2 is 1.73 bits per heavy atom. The molecule has 3 aromatic rings. The van der Waals surface area contributed by atoms with E-state index in [9.17, 15) is 14.9 Å². The molecule has 3 rings (SSSR count). The first-order chi connectivity index (χ1) is 12.6. The minimum absolute atomic E-state index is 0.00537. The molecule has 1 heterocycles. The zero-order valence-corrected chi connectivity index (χ0v) is 13.8. The predicted octanol–water partition coefficient (Wildman–Crippen LogP) is 3.91. The summed E-state index contributed by atoms with van der Waals surface area (Å²) in [6.07, 6.45) is 3.51. The van der Waals surface area contributed by atoms with Crippen LogP contribution in [-0.2, 0) is 11.2 Å². The molecule has 0 aliphatic heterocycles. The first-order valence-electron chi connectivity index (χ1n) is 7.91. The number of hydrogen-bond acceptors (Lipinski definition) is 5. The summed E-state index contributed by atoms with van der Waals surface area (Å²) in [4.78, 5) is 26.7. The van der Waals surface area contributed by atoms with Crippen molar-refractivity contribution in [3.8, 4) is 0 Å². The third-order valence-electron chi connectivity index (χ3n) is 3.65. The van der Waals surface area contributed by atoms with Crippen molar-refractivity contribution in [3.63, 3.8) is 0 Å². The minimum atomic E-state index is -0.451. The summed E-state index contributed by atoms with van der Waals surface area (Å²) in [5.74, 6) is -0.163. The van der Waals surface area contributed by atoms with Crippen LogP contribution in [0.5, 0.6) is 0 Å². The molecule has 0 aliphatic rings. The van der Waals surface area contributed by atoms with E-state index >= 15 is 0 Å². The lowest BCUT2D eigenvalue weighted by Gasteiger charge is -2.13. The lowest BCUT2D eigenvalue weighted by Crippen LogP contribution is -2.15. The molecule has 2 N–H and O–H groups in total. The number of rotatable bonds is 6. The maximum atomic E-state index is 12.3. The number of nitro groups is 1. The summed E-state index contributed by atoms with van der Waals surface area (Å²) >= 11 is 0. The molecule has 0 aliphatic carbocycles. The summed E-state index contributed by atoms with van der Waals surface area (Å²) in [5.41, 5.74) is 2.67. The molecule has 0 bridgehead atoms. The molecule has 0 atom stereocenters. The average molecular weight is 348 g/mol. The summed E-state index contributed by atoms with van der Waals surface area (Å²) in [6, 6.07) is 16.9. The second kappa shape index (κ2) is 7.89. The van der Waals surface area contributed by atoms with E-state index in [1.165, 1.54) is 12.1 Å². The van der Waals surface area contributed by atoms with Gasteiger partial charge in [0, 0.05) is 30.2 Å². The molecular weight excluding hydrogens is 332 g/mol. The summed E-state index contributed by atoms with van der Waals surface area (Å²) in [6.45, 7) is 0. The molecule has 0 saturated heterocycles. The van der Waals surface area contributed by atoms with E-state index in [0.717, 1.165) is 5.56 Å². The smallest absolute Gasteiger partial charge is 0.271 e. The van der Waals surface area contributed by atoms with Gasteiger partial charge in [-0.25, -0.2) is 0 Å². The van der Waals surface area contributed by atoms with Gasteiger partial charge in [0.15, 0.2) is 0 Å². The highest BCUT2D eigenvalue weighted by molar-refractivity contribution is 5.96. The number of nitrogens with zero attached hydrogens (tertiary/aromatic N) is 2. The van der Waals surface area contributed by atoms with Crippen molar-refractivity contribution in [1.29, 1.82) is 0 Å². The number of benzene rings is 2. The summed E-state index contributed by atoms with van der Waals surface area (Å²) in [5, 5.41) is 16.9. The number of non-ortho nitro benzene ring substituents is 1. The summed E-state index contributed by atoms with van der Waals surface area (Å²) in [7, 11) is 0. The van der Waals surface area contributed by atoms with Crippen LogP contribution in [0.15, 0.2) is 73.1 Å². The van der Waals surface area contributed by atoms with Crippen molar-refractivity contribution >= 4 is 28.7 Å². The van der Waals surface area contributed by atoms with E-state index in [1.54, 1.807) is 54.9 Å². The zero-order chi connectivity index (χ0) is 18.4. The predicted molar refractivity (Wildman–Crippen MR) is 99.4 cm³/mol. The first kappa shape index (κ1) is 17.1. The molecule has 0 radical (unpaired) electrons. The molecule has 2 aromatic carbocycles. The molecule has 0 spiro atoms. The fourth-order valence-corrected chi connectivity index (χ4v) is 2.43. The number of pyridine rings is 1. The number of hydrogen-bond donors (Lipinski definition) is 2. The van der Waals surface area contributed by atoms with Crippen LogP contribution < -0.4 is 10.6 Å². The lowest BCUT2D eigenvalue weighted by atomic mass is 10.2. The maximum absolute atomic E-state index is 12.3. The van der Waals surface area contributed by atoms with Crippen molar-refractivity contribution in [3.05, 3.63) is 88.7 Å². The molecule has 7 heteroatoms. The Balaban J connectivity index is 1.75. The van der Waals surface area contributed by atoms with Crippen LogP contribution >= 0.6 is 0 Å². The molecule has 130 valence electrons. The van der Waals surface area contributed by atoms with Gasteiger partial charge in [-0.2, -0.15) is 0 Å². The standard InChI is InChI=1S/C19H16N4O3/c24-19(12-14-8-10-20-11-9-14)22-18-7-2-1-6-17(18)21-15-4-3-5-16(13-15)23(25)26/h1-11,13,21H,12H2,(H,22,24). The Morgan fingerprint density at radius 3 is 2.46 bits per heavy atom. The van der Waals surface area contributed by atoms with Crippen LogP contribution in [0, 0.1) is 10.1 Å². The largest absolute Gasteiger partial charge is 0.354 e. The fourth-order valence-electron chi connectivity index (χ4n) is 2.43. The van der Waals surface area contributed by atoms with Crippen molar-refractivity contribution in [2.45, 2.75) is 6.42 Å². The Kier molecular flexibility index (Phi) is 5.19. The second-order valence-electron chi connectivity index (χ2n) is 5.56. The Hall–Kier alpha value is -3.74. The maximum Gasteiger partial charge on any atom is 0.271 e. The van der Waals surface area contributed by atoms with Gasteiger partial charge in [0.25, 0.3) is 5.69 Å². The van der Waals surface area contributed by atoms with Crippen LogP contribution in [0.25, 0.3) is 0 Å². The normalized spacial score (nSPS) is 10.2. The van der Waals surface area contributed by atoms with Gasteiger partial charge >= 0.3 is 0 Å². The van der Waals surface area contributed by atoms with E-state index in [4.69, 9.17) is 0 Å². The van der Waals surface area contributed by atoms with Gasteiger partial charge in [-0.05, 0) is 35.9 Å². The van der Waals surface area contributed by atoms with Gasteiger partial charge in [-0.1, -0.05) is 18.2 Å². The van der Waals surface area contributed by atoms with Crippen molar-refractivity contribution in [2.24, 2.45) is 0 Å². The van der Waals surface area contributed by atoms with Gasteiger partial charge in [0.1, 0.15) is 0 Å². The van der Waals surface area contributed by atoms with Gasteiger partial charge in [-0.15, -0.1) is 0 Å². The van der Waals surface area contributed by atoms with Crippen LogP contribution in [-0.4, -0.2) is 15.8 Å². The monoisotopic (exact) mass is 348 g/mol. The van der Waals surface area contributed by atoms with Crippen LogP contribution in [0.4, 0.5) is 22.7 Å². The van der Waals surface area contributed by atoms with Gasteiger partial charge in [-0.3, -0.25) is 19.9 Å². The van der Waals surface area contributed by atoms with Gasteiger partial charge in [0.2, 0.25) is 5.91 Å². The number of aromatic nitrogens is 1.